The van der Waals surface area contributed by atoms with Gasteiger partial charge in [0.05, 0.1) is 0 Å². The van der Waals surface area contributed by atoms with E-state index in [2.05, 4.69) is 31.9 Å². The molecule has 0 aliphatic carbocycles. The van der Waals surface area contributed by atoms with Crippen LogP contribution in [-0.4, -0.2) is 5.78 Å². The molecule has 1 aromatic rings. The van der Waals surface area contributed by atoms with Gasteiger partial charge in [-0.05, 0) is 36.8 Å². The molecule has 0 aromatic heterocycles. The number of carbonyl (C=O) groups excluding carboxylic acids is 1. The zero-order chi connectivity index (χ0) is 11.3. The van der Waals surface area contributed by atoms with E-state index in [9.17, 15) is 4.79 Å². The molecule has 1 rings (SSSR count). The Morgan fingerprint density at radius 3 is 2.27 bits per heavy atom. The highest BCUT2D eigenvalue weighted by molar-refractivity contribution is 9.11. The maximum atomic E-state index is 10.6. The number of benzene rings is 1. The van der Waals surface area contributed by atoms with Crippen LogP contribution < -0.4 is 0 Å². The maximum absolute atomic E-state index is 10.6. The zero-order valence-corrected chi connectivity index (χ0v) is 11.4. The van der Waals surface area contributed by atoms with Crippen molar-refractivity contribution in [2.45, 2.75) is 6.92 Å². The summed E-state index contributed by atoms with van der Waals surface area (Å²) >= 11 is 6.82. The number of hydrogen-bond donors (Lipinski definition) is 0. The van der Waals surface area contributed by atoms with Crippen molar-refractivity contribution in [3.63, 3.8) is 0 Å². The van der Waals surface area contributed by atoms with Crippen LogP contribution in [0.4, 0.5) is 0 Å². The Morgan fingerprint density at radius 1 is 1.13 bits per heavy atom. The summed E-state index contributed by atoms with van der Waals surface area (Å²) < 4.78 is 2.04. The van der Waals surface area contributed by atoms with Gasteiger partial charge in [-0.3, -0.25) is 4.79 Å². The van der Waals surface area contributed by atoms with Gasteiger partial charge in [0, 0.05) is 8.95 Å². The van der Waals surface area contributed by atoms with Gasteiger partial charge in [0.2, 0.25) is 0 Å². The first-order chi connectivity index (χ1) is 7.08. The minimum absolute atomic E-state index is 0.0510. The first-order valence-corrected chi connectivity index (χ1v) is 5.98. The van der Waals surface area contributed by atoms with Crippen molar-refractivity contribution in [3.05, 3.63) is 50.9 Å². The van der Waals surface area contributed by atoms with E-state index in [0.29, 0.717) is 0 Å². The molecule has 0 unspecified atom stereocenters. The summed E-state index contributed by atoms with van der Waals surface area (Å²) in [6, 6.07) is 5.98. The Hall–Kier alpha value is -0.670. The van der Waals surface area contributed by atoms with Gasteiger partial charge in [0.15, 0.2) is 5.78 Å². The monoisotopic (exact) mass is 328 g/mol. The molecule has 0 aliphatic rings. The van der Waals surface area contributed by atoms with Crippen LogP contribution in [0, 0.1) is 0 Å². The molecular weight excluding hydrogens is 320 g/mol. The second-order valence-corrected chi connectivity index (χ2v) is 4.86. The molecule has 0 amide bonds. The van der Waals surface area contributed by atoms with E-state index in [1.165, 1.54) is 13.0 Å². The van der Waals surface area contributed by atoms with Gasteiger partial charge in [-0.25, -0.2) is 0 Å². The summed E-state index contributed by atoms with van der Waals surface area (Å²) in [7, 11) is 0. The summed E-state index contributed by atoms with van der Waals surface area (Å²) in [6.45, 7) is 1.53. The number of rotatable bonds is 3. The quantitative estimate of drug-likeness (QED) is 0.594. The predicted molar refractivity (Wildman–Crippen MR) is 70.7 cm³/mol. The Labute approximate surface area is 106 Å². The fraction of sp³-hybridized carbons (Fsp3) is 0.0833. The molecule has 0 heterocycles. The molecule has 0 saturated carbocycles. The second kappa shape index (κ2) is 6.03. The Balaban J connectivity index is 2.76. The van der Waals surface area contributed by atoms with Gasteiger partial charge in [-0.2, -0.15) is 0 Å². The van der Waals surface area contributed by atoms with Crippen LogP contribution in [0.5, 0.6) is 0 Å². The molecule has 0 N–H and O–H groups in total. The maximum Gasteiger partial charge on any atom is 0.152 e. The molecule has 0 atom stereocenters. The molecule has 0 spiro atoms. The molecule has 78 valence electrons. The molecule has 15 heavy (non-hydrogen) atoms. The lowest BCUT2D eigenvalue weighted by Gasteiger charge is -1.96. The van der Waals surface area contributed by atoms with Crippen molar-refractivity contribution in [1.29, 1.82) is 0 Å². The molecule has 1 aromatic carbocycles. The van der Waals surface area contributed by atoms with E-state index in [-0.39, 0.29) is 5.78 Å². The molecule has 1 nitrogen and oxygen atoms in total. The van der Waals surface area contributed by atoms with Crippen molar-refractivity contribution >= 4 is 43.7 Å². The molecule has 0 radical (unpaired) electrons. The van der Waals surface area contributed by atoms with Crippen molar-refractivity contribution in [1.82, 2.24) is 0 Å². The summed E-state index contributed by atoms with van der Waals surface area (Å²) in [5, 5.41) is 0. The van der Waals surface area contributed by atoms with Gasteiger partial charge >= 0.3 is 0 Å². The third-order valence-corrected chi connectivity index (χ3v) is 2.53. The third-order valence-electron chi connectivity index (χ3n) is 1.62. The topological polar surface area (TPSA) is 17.1 Å². The van der Waals surface area contributed by atoms with Crippen LogP contribution in [0.15, 0.2) is 45.4 Å². The lowest BCUT2D eigenvalue weighted by atomic mass is 10.2. The lowest BCUT2D eigenvalue weighted by molar-refractivity contribution is -0.112. The van der Waals surface area contributed by atoms with Crippen LogP contribution in [0.2, 0.25) is 0 Å². The van der Waals surface area contributed by atoms with E-state index < -0.39 is 0 Å². The Morgan fingerprint density at radius 2 is 1.73 bits per heavy atom. The standard InChI is InChI=1S/C12H10Br2O/c1-9(15)4-2-3-5-10-6-11(13)8-12(14)7-10/h2-8H,1H3/b4-2+,5-3+. The smallest absolute Gasteiger partial charge is 0.152 e. The fourth-order valence-corrected chi connectivity index (χ4v) is 2.36. The summed E-state index contributed by atoms with van der Waals surface area (Å²) in [5.41, 5.74) is 1.07. The third kappa shape index (κ3) is 5.09. The first-order valence-electron chi connectivity index (χ1n) is 4.39. The van der Waals surface area contributed by atoms with Gasteiger partial charge in [-0.15, -0.1) is 0 Å². The second-order valence-electron chi connectivity index (χ2n) is 3.03. The Kier molecular flexibility index (Phi) is 4.99. The average Bonchev–Trinajstić information content (AvgIpc) is 2.10. The van der Waals surface area contributed by atoms with E-state index in [1.54, 1.807) is 6.08 Å². The first kappa shape index (κ1) is 12.4. The van der Waals surface area contributed by atoms with Gasteiger partial charge in [-0.1, -0.05) is 50.1 Å². The van der Waals surface area contributed by atoms with E-state index in [1.807, 2.05) is 30.4 Å². The van der Waals surface area contributed by atoms with E-state index >= 15 is 0 Å². The fourth-order valence-electron chi connectivity index (χ4n) is 1.03. The summed E-state index contributed by atoms with van der Waals surface area (Å²) in [6.07, 6.45) is 7.05. The minimum Gasteiger partial charge on any atom is -0.295 e. The van der Waals surface area contributed by atoms with Crippen molar-refractivity contribution in [2.75, 3.05) is 0 Å². The number of allylic oxidation sites excluding steroid dienone is 3. The van der Waals surface area contributed by atoms with Crippen molar-refractivity contribution in [2.24, 2.45) is 0 Å². The number of ketones is 1. The van der Waals surface area contributed by atoms with Crippen molar-refractivity contribution in [3.8, 4) is 0 Å². The zero-order valence-electron chi connectivity index (χ0n) is 8.21. The van der Waals surface area contributed by atoms with Crippen LogP contribution >= 0.6 is 31.9 Å². The average molecular weight is 330 g/mol. The lowest BCUT2D eigenvalue weighted by Crippen LogP contribution is -1.77. The highest BCUT2D eigenvalue weighted by Crippen LogP contribution is 2.20. The minimum atomic E-state index is 0.0510. The largest absolute Gasteiger partial charge is 0.295 e. The van der Waals surface area contributed by atoms with Crippen LogP contribution in [0.25, 0.3) is 6.08 Å². The SMILES string of the molecule is CC(=O)/C=C/C=C/c1cc(Br)cc(Br)c1. The highest BCUT2D eigenvalue weighted by Gasteiger charge is 1.93. The van der Waals surface area contributed by atoms with Crippen LogP contribution in [-0.2, 0) is 4.79 Å². The van der Waals surface area contributed by atoms with Gasteiger partial charge in [0.1, 0.15) is 0 Å². The van der Waals surface area contributed by atoms with Gasteiger partial charge < -0.3 is 0 Å². The van der Waals surface area contributed by atoms with Crippen LogP contribution in [0.1, 0.15) is 12.5 Å². The number of hydrogen-bond acceptors (Lipinski definition) is 1. The molecule has 0 fully saturated rings. The molecule has 0 saturated heterocycles. The van der Waals surface area contributed by atoms with E-state index in [0.717, 1.165) is 14.5 Å². The predicted octanol–water partition coefficient (Wildman–Crippen LogP) is 4.37. The summed E-state index contributed by atoms with van der Waals surface area (Å²) in [4.78, 5) is 10.6. The van der Waals surface area contributed by atoms with Gasteiger partial charge in [0.25, 0.3) is 0 Å². The molecule has 0 aliphatic heterocycles. The molecule has 0 bridgehead atoms. The Bertz CT molecular complexity index is 399. The summed E-state index contributed by atoms with van der Waals surface area (Å²) in [5.74, 6) is 0.0510. The van der Waals surface area contributed by atoms with Crippen LogP contribution in [0.3, 0.4) is 0 Å². The van der Waals surface area contributed by atoms with Crippen molar-refractivity contribution < 1.29 is 4.79 Å². The van der Waals surface area contributed by atoms with E-state index in [4.69, 9.17) is 0 Å². The molecular formula is C12H10Br2O. The number of carbonyl (C=O) groups is 1. The highest BCUT2D eigenvalue weighted by atomic mass is 79.9. The number of halogens is 2. The molecule has 3 heteroatoms. The normalized spacial score (nSPS) is 11.4.